The number of nitrogens with zero attached hydrogens (tertiary/aromatic N) is 4. The number of para-hydroxylation sites is 1. The largest absolute Gasteiger partial charge is 0.506 e. The van der Waals surface area contributed by atoms with Crippen LogP contribution in [0.2, 0.25) is 5.02 Å². The van der Waals surface area contributed by atoms with Gasteiger partial charge in [-0.2, -0.15) is 0 Å². The van der Waals surface area contributed by atoms with Gasteiger partial charge in [-0.15, -0.1) is 5.10 Å². The summed E-state index contributed by atoms with van der Waals surface area (Å²) in [5.74, 6) is 0.557. The number of hydrogen-bond donors (Lipinski definition) is 2. The van der Waals surface area contributed by atoms with Crippen LogP contribution in [0.4, 0.5) is 11.6 Å². The summed E-state index contributed by atoms with van der Waals surface area (Å²) in [5, 5.41) is 14.7. The van der Waals surface area contributed by atoms with Gasteiger partial charge in [-0.25, -0.2) is 14.5 Å². The van der Waals surface area contributed by atoms with Gasteiger partial charge in [0.25, 0.3) is 0 Å². The average Bonchev–Trinajstić information content (AvgIpc) is 3.05. The zero-order valence-corrected chi connectivity index (χ0v) is 15.5. The summed E-state index contributed by atoms with van der Waals surface area (Å²) in [5.41, 5.74) is 10.8. The van der Waals surface area contributed by atoms with Crippen LogP contribution in [0.3, 0.4) is 0 Å². The van der Waals surface area contributed by atoms with E-state index < -0.39 is 0 Å². The van der Waals surface area contributed by atoms with Crippen molar-refractivity contribution < 1.29 is 9.84 Å². The molecule has 0 fully saturated rings. The van der Waals surface area contributed by atoms with E-state index in [1.165, 1.54) is 13.2 Å². The molecule has 138 valence electrons. The lowest BCUT2D eigenvalue weighted by Gasteiger charge is -2.11. The molecule has 1 aliphatic rings. The molecule has 2 aromatic carbocycles. The van der Waals surface area contributed by atoms with Gasteiger partial charge >= 0.3 is 0 Å². The van der Waals surface area contributed by atoms with Crippen LogP contribution in [-0.2, 0) is 0 Å². The highest BCUT2D eigenvalue weighted by Crippen LogP contribution is 2.41. The van der Waals surface area contributed by atoms with Gasteiger partial charge in [0, 0.05) is 29.0 Å². The predicted octanol–water partition coefficient (Wildman–Crippen LogP) is 3.83. The van der Waals surface area contributed by atoms with E-state index in [1.807, 2.05) is 30.3 Å². The number of rotatable bonds is 2. The van der Waals surface area contributed by atoms with Crippen molar-refractivity contribution in [3.05, 3.63) is 64.8 Å². The van der Waals surface area contributed by atoms with Crippen molar-refractivity contribution in [3.8, 4) is 22.8 Å². The number of aromatic nitrogens is 3. The lowest BCUT2D eigenvalue weighted by molar-refractivity contribution is 0.407. The number of phenolic OH excluding ortho intramolecular Hbond substituents is 1. The maximum absolute atomic E-state index is 10.3. The Hall–Kier alpha value is -3.58. The zero-order valence-electron chi connectivity index (χ0n) is 14.7. The number of fused-ring (bicyclic) bond motifs is 2. The number of phenols is 1. The van der Waals surface area contributed by atoms with Gasteiger partial charge in [0.1, 0.15) is 22.7 Å². The second kappa shape index (κ2) is 5.97. The van der Waals surface area contributed by atoms with Crippen LogP contribution in [-0.4, -0.2) is 32.5 Å². The number of aromatic hydroxyl groups is 1. The highest BCUT2D eigenvalue weighted by atomic mass is 35.5. The summed E-state index contributed by atoms with van der Waals surface area (Å²) >= 11 is 6.45. The second-order valence-electron chi connectivity index (χ2n) is 6.33. The fourth-order valence-electron chi connectivity index (χ4n) is 3.45. The van der Waals surface area contributed by atoms with Gasteiger partial charge < -0.3 is 15.6 Å². The Morgan fingerprint density at radius 2 is 1.93 bits per heavy atom. The lowest BCUT2D eigenvalue weighted by Crippen LogP contribution is -2.06. The number of ether oxygens (including phenoxy) is 1. The maximum atomic E-state index is 10.3. The Morgan fingerprint density at radius 1 is 1.11 bits per heavy atom. The number of aliphatic imine (C=N–C) groups is 1. The molecule has 4 aromatic rings. The van der Waals surface area contributed by atoms with Crippen LogP contribution in [0, 0.1) is 0 Å². The molecule has 3 heterocycles. The Morgan fingerprint density at radius 3 is 2.75 bits per heavy atom. The first kappa shape index (κ1) is 16.6. The van der Waals surface area contributed by atoms with Crippen molar-refractivity contribution in [2.75, 3.05) is 12.8 Å². The molecule has 2 aromatic heterocycles. The predicted molar refractivity (Wildman–Crippen MR) is 108 cm³/mol. The van der Waals surface area contributed by atoms with Crippen LogP contribution in [0.15, 0.2) is 53.7 Å². The molecule has 3 N–H and O–H groups in total. The van der Waals surface area contributed by atoms with E-state index in [1.54, 1.807) is 16.8 Å². The molecule has 8 heteroatoms. The van der Waals surface area contributed by atoms with Crippen molar-refractivity contribution in [2.45, 2.75) is 0 Å². The fraction of sp³-hybridized carbons (Fsp3) is 0.0500. The van der Waals surface area contributed by atoms with E-state index in [2.05, 4.69) is 10.1 Å². The lowest BCUT2D eigenvalue weighted by atomic mass is 10.0. The molecule has 0 aliphatic carbocycles. The number of halogens is 1. The van der Waals surface area contributed by atoms with Crippen LogP contribution < -0.4 is 10.5 Å². The first-order valence-electron chi connectivity index (χ1n) is 8.47. The van der Waals surface area contributed by atoms with E-state index in [-0.39, 0.29) is 16.7 Å². The molecule has 0 saturated heterocycles. The van der Waals surface area contributed by atoms with Crippen molar-refractivity contribution in [1.82, 2.24) is 14.6 Å². The molecule has 0 atom stereocenters. The molecule has 28 heavy (non-hydrogen) atoms. The van der Waals surface area contributed by atoms with Gasteiger partial charge in [-0.3, -0.25) is 0 Å². The summed E-state index contributed by atoms with van der Waals surface area (Å²) in [6.07, 6.45) is 1.80. The average molecular weight is 392 g/mol. The smallest absolute Gasteiger partial charge is 0.238 e. The Labute approximate surface area is 164 Å². The molecule has 5 rings (SSSR count). The fourth-order valence-corrected chi connectivity index (χ4v) is 3.65. The van der Waals surface area contributed by atoms with Crippen molar-refractivity contribution in [2.24, 2.45) is 4.99 Å². The van der Waals surface area contributed by atoms with E-state index in [0.717, 1.165) is 16.6 Å². The number of nitrogens with two attached hydrogens (primary N) is 1. The van der Waals surface area contributed by atoms with Gasteiger partial charge in [0.05, 0.1) is 23.5 Å². The van der Waals surface area contributed by atoms with Gasteiger partial charge in [-0.05, 0) is 18.2 Å². The zero-order chi connectivity index (χ0) is 19.4. The van der Waals surface area contributed by atoms with Crippen molar-refractivity contribution in [1.29, 1.82) is 0 Å². The summed E-state index contributed by atoms with van der Waals surface area (Å²) in [7, 11) is 1.53. The molecule has 0 radical (unpaired) electrons. The number of nitrogen functional groups attached to an aromatic ring is 1. The van der Waals surface area contributed by atoms with Crippen LogP contribution in [0.1, 0.15) is 11.1 Å². The number of benzene rings is 2. The monoisotopic (exact) mass is 391 g/mol. The molecule has 0 bridgehead atoms. The molecular formula is C20H14ClN5O2. The van der Waals surface area contributed by atoms with Gasteiger partial charge in [-0.1, -0.05) is 29.8 Å². The summed E-state index contributed by atoms with van der Waals surface area (Å²) < 4.78 is 6.98. The minimum atomic E-state index is -0.0829. The topological polar surface area (TPSA) is 98.0 Å². The first-order valence-corrected chi connectivity index (χ1v) is 8.85. The minimum Gasteiger partial charge on any atom is -0.506 e. The standard InChI is InChI=1S/C20H14ClN5O2/c1-28-10-8-13(16(21)15(27)9-10)17-12-6-7-26-19(12)18(24-20(22)25-26)11-4-2-3-5-14(11)23-17/h2-9,27H,1H3,(H2,22,25). The molecule has 0 unspecified atom stereocenters. The Balaban J connectivity index is 1.92. The van der Waals surface area contributed by atoms with Gasteiger partial charge in [0.15, 0.2) is 0 Å². The minimum absolute atomic E-state index is 0.0829. The van der Waals surface area contributed by atoms with Crippen LogP contribution in [0.5, 0.6) is 11.5 Å². The molecule has 7 nitrogen and oxygen atoms in total. The highest BCUT2D eigenvalue weighted by molar-refractivity contribution is 6.37. The van der Waals surface area contributed by atoms with Crippen LogP contribution >= 0.6 is 11.6 Å². The summed E-state index contributed by atoms with van der Waals surface area (Å²) in [4.78, 5) is 9.34. The van der Waals surface area contributed by atoms with E-state index >= 15 is 0 Å². The van der Waals surface area contributed by atoms with E-state index in [4.69, 9.17) is 27.1 Å². The normalized spacial score (nSPS) is 12.4. The number of anilines is 1. The summed E-state index contributed by atoms with van der Waals surface area (Å²) in [6.45, 7) is 0. The third-order valence-electron chi connectivity index (χ3n) is 4.69. The maximum Gasteiger partial charge on any atom is 0.238 e. The molecule has 0 amide bonds. The van der Waals surface area contributed by atoms with Crippen molar-refractivity contribution in [3.63, 3.8) is 0 Å². The molecular weight excluding hydrogens is 378 g/mol. The van der Waals surface area contributed by atoms with E-state index in [9.17, 15) is 5.11 Å². The third-order valence-corrected chi connectivity index (χ3v) is 5.09. The van der Waals surface area contributed by atoms with Gasteiger partial charge in [0.2, 0.25) is 5.95 Å². The molecule has 0 spiro atoms. The first-order chi connectivity index (χ1) is 13.6. The Bertz CT molecular complexity index is 1300. The third kappa shape index (κ3) is 2.33. The Kier molecular flexibility index (Phi) is 3.53. The highest BCUT2D eigenvalue weighted by Gasteiger charge is 2.25. The van der Waals surface area contributed by atoms with Crippen LogP contribution in [0.25, 0.3) is 16.8 Å². The summed E-state index contributed by atoms with van der Waals surface area (Å²) in [6, 6.07) is 12.7. The number of hydrogen-bond acceptors (Lipinski definition) is 6. The molecule has 0 saturated carbocycles. The van der Waals surface area contributed by atoms with E-state index in [0.29, 0.717) is 28.4 Å². The number of methoxy groups -OCH3 is 1. The van der Waals surface area contributed by atoms with Crippen molar-refractivity contribution >= 4 is 34.5 Å². The quantitative estimate of drug-likeness (QED) is 0.476. The SMILES string of the molecule is COc1cc(O)c(Cl)c(C2=Nc3ccccc3-c3nc(N)nn4ccc2c34)c1. The second-order valence-corrected chi connectivity index (χ2v) is 6.70. The molecule has 1 aliphatic heterocycles.